The second-order valence-corrected chi connectivity index (χ2v) is 3.22. The van der Waals surface area contributed by atoms with Crippen molar-refractivity contribution in [2.75, 3.05) is 0 Å². The molecule has 0 saturated heterocycles. The molecule has 0 fully saturated rings. The first-order valence-corrected chi connectivity index (χ1v) is 4.18. The molecule has 0 aliphatic carbocycles. The molecule has 0 heterocycles. The van der Waals surface area contributed by atoms with Crippen LogP contribution in [0.25, 0.3) is 0 Å². The number of rotatable bonds is 4. The minimum atomic E-state index is 0.513. The molecule has 0 aliphatic heterocycles. The molecule has 0 aromatic carbocycles. The van der Waals surface area contributed by atoms with E-state index in [1.165, 1.54) is 0 Å². The number of hydrogen-bond donors (Lipinski definition) is 0. The van der Waals surface area contributed by atoms with Gasteiger partial charge in [0, 0.05) is 6.04 Å². The SMILES string of the molecule is CCC(C)N=CCC(C)C. The number of hydrogen-bond acceptors (Lipinski definition) is 1. The van der Waals surface area contributed by atoms with Gasteiger partial charge in [-0.25, -0.2) is 0 Å². The van der Waals surface area contributed by atoms with Crippen LogP contribution in [0.15, 0.2) is 4.99 Å². The predicted octanol–water partition coefficient (Wildman–Crippen LogP) is 2.90. The van der Waals surface area contributed by atoms with Crippen molar-refractivity contribution >= 4 is 6.21 Å². The topological polar surface area (TPSA) is 12.4 Å². The average molecular weight is 141 g/mol. The monoisotopic (exact) mass is 141 g/mol. The Morgan fingerprint density at radius 3 is 2.30 bits per heavy atom. The molecule has 0 bridgehead atoms. The summed E-state index contributed by atoms with van der Waals surface area (Å²) >= 11 is 0. The summed E-state index contributed by atoms with van der Waals surface area (Å²) in [6.07, 6.45) is 4.32. The summed E-state index contributed by atoms with van der Waals surface area (Å²) in [5, 5.41) is 0. The third kappa shape index (κ3) is 5.80. The van der Waals surface area contributed by atoms with Crippen molar-refractivity contribution in [1.82, 2.24) is 0 Å². The lowest BCUT2D eigenvalue weighted by Crippen LogP contribution is -1.96. The summed E-state index contributed by atoms with van der Waals surface area (Å²) < 4.78 is 0. The van der Waals surface area contributed by atoms with Crippen LogP contribution in [0.2, 0.25) is 0 Å². The Labute approximate surface area is 64.6 Å². The average Bonchev–Trinajstić information content (AvgIpc) is 1.87. The molecule has 10 heavy (non-hydrogen) atoms. The molecular weight excluding hydrogens is 122 g/mol. The largest absolute Gasteiger partial charge is 0.295 e. The van der Waals surface area contributed by atoms with Crippen LogP contribution in [0.1, 0.15) is 40.5 Å². The first-order valence-electron chi connectivity index (χ1n) is 4.18. The van der Waals surface area contributed by atoms with Crippen LogP contribution in [-0.2, 0) is 0 Å². The molecule has 0 N–H and O–H groups in total. The van der Waals surface area contributed by atoms with Crippen LogP contribution < -0.4 is 0 Å². The first-order chi connectivity index (χ1) is 4.66. The van der Waals surface area contributed by atoms with E-state index in [4.69, 9.17) is 0 Å². The zero-order valence-corrected chi connectivity index (χ0v) is 7.59. The maximum absolute atomic E-state index is 4.36. The fourth-order valence-corrected chi connectivity index (χ4v) is 0.557. The van der Waals surface area contributed by atoms with Gasteiger partial charge < -0.3 is 0 Å². The second-order valence-electron chi connectivity index (χ2n) is 3.22. The first kappa shape index (κ1) is 9.67. The third-order valence-electron chi connectivity index (χ3n) is 1.53. The zero-order valence-electron chi connectivity index (χ0n) is 7.59. The van der Waals surface area contributed by atoms with Crippen LogP contribution in [0.3, 0.4) is 0 Å². The Bertz CT molecular complexity index is 94.9. The van der Waals surface area contributed by atoms with E-state index in [2.05, 4.69) is 38.9 Å². The summed E-state index contributed by atoms with van der Waals surface area (Å²) in [5.41, 5.74) is 0. The van der Waals surface area contributed by atoms with Crippen LogP contribution in [0, 0.1) is 5.92 Å². The van der Waals surface area contributed by atoms with E-state index in [0.29, 0.717) is 6.04 Å². The van der Waals surface area contributed by atoms with Gasteiger partial charge in [-0.3, -0.25) is 4.99 Å². The van der Waals surface area contributed by atoms with Gasteiger partial charge in [0.25, 0.3) is 0 Å². The standard InChI is InChI=1S/C9H19N/c1-5-9(4)10-7-6-8(2)3/h7-9H,5-6H2,1-4H3. The Morgan fingerprint density at radius 2 is 1.90 bits per heavy atom. The molecule has 60 valence electrons. The second kappa shape index (κ2) is 5.45. The van der Waals surface area contributed by atoms with Gasteiger partial charge >= 0.3 is 0 Å². The molecule has 0 radical (unpaired) electrons. The van der Waals surface area contributed by atoms with Crippen molar-refractivity contribution < 1.29 is 0 Å². The van der Waals surface area contributed by atoms with Gasteiger partial charge in [-0.1, -0.05) is 20.8 Å². The summed E-state index contributed by atoms with van der Waals surface area (Å²) in [4.78, 5) is 4.36. The molecular formula is C9H19N. The summed E-state index contributed by atoms with van der Waals surface area (Å²) in [6, 6.07) is 0.513. The van der Waals surface area contributed by atoms with Crippen LogP contribution in [-0.4, -0.2) is 12.3 Å². The highest BCUT2D eigenvalue weighted by Crippen LogP contribution is 1.98. The molecule has 1 unspecified atom stereocenters. The molecule has 0 aromatic heterocycles. The lowest BCUT2D eigenvalue weighted by atomic mass is 10.1. The molecule has 1 atom stereocenters. The minimum Gasteiger partial charge on any atom is -0.295 e. The van der Waals surface area contributed by atoms with Gasteiger partial charge in [0.2, 0.25) is 0 Å². The Morgan fingerprint density at radius 1 is 1.30 bits per heavy atom. The summed E-state index contributed by atoms with van der Waals surface area (Å²) in [5.74, 6) is 0.743. The Hall–Kier alpha value is -0.330. The maximum atomic E-state index is 4.36. The van der Waals surface area contributed by atoms with Crippen molar-refractivity contribution in [3.8, 4) is 0 Å². The van der Waals surface area contributed by atoms with Gasteiger partial charge in [0.05, 0.1) is 0 Å². The van der Waals surface area contributed by atoms with E-state index < -0.39 is 0 Å². The molecule has 0 aromatic rings. The molecule has 0 aliphatic rings. The predicted molar refractivity (Wildman–Crippen MR) is 47.7 cm³/mol. The summed E-state index contributed by atoms with van der Waals surface area (Å²) in [7, 11) is 0. The summed E-state index contributed by atoms with van der Waals surface area (Å²) in [6.45, 7) is 8.74. The van der Waals surface area contributed by atoms with E-state index in [0.717, 1.165) is 18.8 Å². The highest BCUT2D eigenvalue weighted by atomic mass is 14.7. The van der Waals surface area contributed by atoms with Gasteiger partial charge in [-0.05, 0) is 31.9 Å². The van der Waals surface area contributed by atoms with E-state index in [1.807, 2.05) is 0 Å². The molecule has 0 amide bonds. The van der Waals surface area contributed by atoms with Crippen LogP contribution >= 0.6 is 0 Å². The van der Waals surface area contributed by atoms with Crippen molar-refractivity contribution in [2.45, 2.75) is 46.6 Å². The molecule has 1 nitrogen and oxygen atoms in total. The lowest BCUT2D eigenvalue weighted by Gasteiger charge is -2.00. The van der Waals surface area contributed by atoms with Crippen LogP contribution in [0.5, 0.6) is 0 Å². The highest BCUT2D eigenvalue weighted by molar-refractivity contribution is 5.57. The Balaban J connectivity index is 3.36. The molecule has 0 saturated carbocycles. The smallest absolute Gasteiger partial charge is 0.0464 e. The highest BCUT2D eigenvalue weighted by Gasteiger charge is 1.92. The minimum absolute atomic E-state index is 0.513. The third-order valence-corrected chi connectivity index (χ3v) is 1.53. The quantitative estimate of drug-likeness (QED) is 0.534. The molecule has 0 rings (SSSR count). The van der Waals surface area contributed by atoms with Gasteiger partial charge in [0.1, 0.15) is 0 Å². The van der Waals surface area contributed by atoms with E-state index in [9.17, 15) is 0 Å². The fraction of sp³-hybridized carbons (Fsp3) is 0.889. The van der Waals surface area contributed by atoms with Crippen molar-refractivity contribution in [1.29, 1.82) is 0 Å². The van der Waals surface area contributed by atoms with Crippen molar-refractivity contribution in [3.63, 3.8) is 0 Å². The number of nitrogens with zero attached hydrogens (tertiary/aromatic N) is 1. The van der Waals surface area contributed by atoms with Crippen molar-refractivity contribution in [2.24, 2.45) is 10.9 Å². The fourth-order valence-electron chi connectivity index (χ4n) is 0.557. The molecule has 0 spiro atoms. The zero-order chi connectivity index (χ0) is 7.98. The van der Waals surface area contributed by atoms with E-state index in [1.54, 1.807) is 0 Å². The maximum Gasteiger partial charge on any atom is 0.0464 e. The molecule has 1 heteroatoms. The van der Waals surface area contributed by atoms with Gasteiger partial charge in [-0.2, -0.15) is 0 Å². The Kier molecular flexibility index (Phi) is 5.27. The van der Waals surface area contributed by atoms with E-state index >= 15 is 0 Å². The van der Waals surface area contributed by atoms with Gasteiger partial charge in [0.15, 0.2) is 0 Å². The van der Waals surface area contributed by atoms with Gasteiger partial charge in [-0.15, -0.1) is 0 Å². The van der Waals surface area contributed by atoms with Crippen LogP contribution in [0.4, 0.5) is 0 Å². The lowest BCUT2D eigenvalue weighted by molar-refractivity contribution is 0.675. The number of aliphatic imine (C=N–C) groups is 1. The van der Waals surface area contributed by atoms with Crippen molar-refractivity contribution in [3.05, 3.63) is 0 Å². The van der Waals surface area contributed by atoms with E-state index in [-0.39, 0.29) is 0 Å². The normalized spacial score (nSPS) is 14.9.